The van der Waals surface area contributed by atoms with Gasteiger partial charge >= 0.3 is 0 Å². The van der Waals surface area contributed by atoms with E-state index in [2.05, 4.69) is 61.6 Å². The predicted molar refractivity (Wildman–Crippen MR) is 107 cm³/mol. The largest absolute Gasteiger partial charge is 0.388 e. The molecule has 0 saturated carbocycles. The molecule has 2 rings (SSSR count). The van der Waals surface area contributed by atoms with E-state index in [0.29, 0.717) is 11.8 Å². The first-order valence-electron chi connectivity index (χ1n) is 9.41. The van der Waals surface area contributed by atoms with Crippen LogP contribution in [0.2, 0.25) is 0 Å². The fraction of sp³-hybridized carbons (Fsp3) is 0.478. The molecule has 0 aromatic heterocycles. The van der Waals surface area contributed by atoms with Crippen molar-refractivity contribution < 1.29 is 5.11 Å². The van der Waals surface area contributed by atoms with Crippen LogP contribution in [0.3, 0.4) is 0 Å². The molecule has 2 N–H and O–H groups in total. The lowest BCUT2D eigenvalue weighted by Crippen LogP contribution is -2.41. The Labute approximate surface area is 153 Å². The van der Waals surface area contributed by atoms with Gasteiger partial charge in [0.25, 0.3) is 0 Å². The monoisotopic (exact) mass is 339 g/mol. The van der Waals surface area contributed by atoms with Gasteiger partial charge in [0.15, 0.2) is 0 Å². The van der Waals surface area contributed by atoms with Crippen LogP contribution in [0.5, 0.6) is 0 Å². The highest BCUT2D eigenvalue weighted by Crippen LogP contribution is 2.26. The van der Waals surface area contributed by atoms with Crippen LogP contribution < -0.4 is 5.32 Å². The second-order valence-corrected chi connectivity index (χ2v) is 8.09. The SMILES string of the molecule is CC(C)CC(CNC(c1ccccc1)C(C)(C)O)Cc1ccccc1. The zero-order valence-corrected chi connectivity index (χ0v) is 16.1. The molecule has 2 nitrogen and oxygen atoms in total. The zero-order valence-electron chi connectivity index (χ0n) is 16.1. The summed E-state index contributed by atoms with van der Waals surface area (Å²) >= 11 is 0. The molecule has 2 unspecified atom stereocenters. The third-order valence-corrected chi connectivity index (χ3v) is 4.62. The molecule has 0 aliphatic carbocycles. The van der Waals surface area contributed by atoms with Gasteiger partial charge in [-0.05, 0) is 56.2 Å². The van der Waals surface area contributed by atoms with Crippen molar-refractivity contribution in [3.63, 3.8) is 0 Å². The zero-order chi connectivity index (χ0) is 18.3. The van der Waals surface area contributed by atoms with Crippen LogP contribution in [0.25, 0.3) is 0 Å². The van der Waals surface area contributed by atoms with E-state index >= 15 is 0 Å². The van der Waals surface area contributed by atoms with Crippen molar-refractivity contribution in [3.8, 4) is 0 Å². The van der Waals surface area contributed by atoms with Gasteiger partial charge in [0.2, 0.25) is 0 Å². The van der Waals surface area contributed by atoms with Crippen molar-refractivity contribution in [2.45, 2.75) is 52.2 Å². The highest BCUT2D eigenvalue weighted by atomic mass is 16.3. The van der Waals surface area contributed by atoms with Gasteiger partial charge < -0.3 is 10.4 Å². The van der Waals surface area contributed by atoms with E-state index in [4.69, 9.17) is 0 Å². The van der Waals surface area contributed by atoms with Crippen LogP contribution in [0, 0.1) is 11.8 Å². The van der Waals surface area contributed by atoms with Crippen LogP contribution in [0.15, 0.2) is 60.7 Å². The molecule has 2 aromatic carbocycles. The molecule has 0 radical (unpaired) electrons. The van der Waals surface area contributed by atoms with Crippen LogP contribution in [0.4, 0.5) is 0 Å². The second-order valence-electron chi connectivity index (χ2n) is 8.09. The summed E-state index contributed by atoms with van der Waals surface area (Å²) in [6.07, 6.45) is 2.24. The van der Waals surface area contributed by atoms with E-state index in [0.717, 1.165) is 18.5 Å². The molecule has 25 heavy (non-hydrogen) atoms. The van der Waals surface area contributed by atoms with Crippen molar-refractivity contribution in [2.75, 3.05) is 6.54 Å². The van der Waals surface area contributed by atoms with Gasteiger partial charge in [-0.1, -0.05) is 74.5 Å². The number of hydrogen-bond donors (Lipinski definition) is 2. The van der Waals surface area contributed by atoms with Gasteiger partial charge in [-0.2, -0.15) is 0 Å². The lowest BCUT2D eigenvalue weighted by molar-refractivity contribution is 0.0351. The van der Waals surface area contributed by atoms with Gasteiger partial charge in [0, 0.05) is 0 Å². The average molecular weight is 340 g/mol. The quantitative estimate of drug-likeness (QED) is 0.674. The molecular formula is C23H33NO. The Bertz CT molecular complexity index is 601. The first kappa shape index (κ1) is 19.7. The third kappa shape index (κ3) is 6.64. The van der Waals surface area contributed by atoms with Crippen LogP contribution >= 0.6 is 0 Å². The Kier molecular flexibility index (Phi) is 7.22. The number of nitrogens with one attached hydrogen (secondary N) is 1. The number of aliphatic hydroxyl groups is 1. The molecule has 0 aliphatic heterocycles. The van der Waals surface area contributed by atoms with Crippen molar-refractivity contribution in [1.29, 1.82) is 0 Å². The Morgan fingerprint density at radius 3 is 2.00 bits per heavy atom. The van der Waals surface area contributed by atoms with E-state index in [-0.39, 0.29) is 6.04 Å². The number of benzene rings is 2. The van der Waals surface area contributed by atoms with Gasteiger partial charge in [-0.15, -0.1) is 0 Å². The molecule has 0 aliphatic rings. The van der Waals surface area contributed by atoms with E-state index in [1.54, 1.807) is 0 Å². The van der Waals surface area contributed by atoms with Crippen molar-refractivity contribution in [1.82, 2.24) is 5.32 Å². The summed E-state index contributed by atoms with van der Waals surface area (Å²) < 4.78 is 0. The summed E-state index contributed by atoms with van der Waals surface area (Å²) in [6, 6.07) is 20.9. The first-order chi connectivity index (χ1) is 11.9. The molecule has 136 valence electrons. The Morgan fingerprint density at radius 2 is 1.48 bits per heavy atom. The Morgan fingerprint density at radius 1 is 0.920 bits per heavy atom. The summed E-state index contributed by atoms with van der Waals surface area (Å²) in [7, 11) is 0. The lowest BCUT2D eigenvalue weighted by atomic mass is 9.88. The number of hydrogen-bond acceptors (Lipinski definition) is 2. The fourth-order valence-electron chi connectivity index (χ4n) is 3.56. The van der Waals surface area contributed by atoms with Gasteiger partial charge in [-0.25, -0.2) is 0 Å². The Balaban J connectivity index is 2.08. The maximum atomic E-state index is 10.7. The summed E-state index contributed by atoms with van der Waals surface area (Å²) in [6.45, 7) is 9.22. The molecular weight excluding hydrogens is 306 g/mol. The molecule has 0 heterocycles. The molecule has 0 bridgehead atoms. The first-order valence-corrected chi connectivity index (χ1v) is 9.41. The molecule has 0 amide bonds. The van der Waals surface area contributed by atoms with Crippen molar-refractivity contribution in [3.05, 3.63) is 71.8 Å². The molecule has 2 heteroatoms. The lowest BCUT2D eigenvalue weighted by Gasteiger charge is -2.32. The molecule has 0 fully saturated rings. The maximum Gasteiger partial charge on any atom is 0.0785 e. The summed E-state index contributed by atoms with van der Waals surface area (Å²) in [4.78, 5) is 0. The minimum Gasteiger partial charge on any atom is -0.388 e. The molecule has 2 aromatic rings. The van der Waals surface area contributed by atoms with E-state index in [1.165, 1.54) is 12.0 Å². The average Bonchev–Trinajstić information content (AvgIpc) is 2.55. The van der Waals surface area contributed by atoms with Gasteiger partial charge in [-0.3, -0.25) is 0 Å². The maximum absolute atomic E-state index is 10.7. The minimum absolute atomic E-state index is 0.0702. The Hall–Kier alpha value is -1.64. The second kappa shape index (κ2) is 9.17. The van der Waals surface area contributed by atoms with Crippen molar-refractivity contribution in [2.24, 2.45) is 11.8 Å². The van der Waals surface area contributed by atoms with Gasteiger partial charge in [0.1, 0.15) is 0 Å². The highest BCUT2D eigenvalue weighted by Gasteiger charge is 2.28. The predicted octanol–water partition coefficient (Wildman–Crippen LogP) is 4.99. The smallest absolute Gasteiger partial charge is 0.0785 e. The number of rotatable bonds is 9. The fourth-order valence-corrected chi connectivity index (χ4v) is 3.56. The van der Waals surface area contributed by atoms with Crippen LogP contribution in [-0.2, 0) is 6.42 Å². The molecule has 0 saturated heterocycles. The summed E-state index contributed by atoms with van der Waals surface area (Å²) in [5, 5.41) is 14.3. The van der Waals surface area contributed by atoms with Gasteiger partial charge in [0.05, 0.1) is 11.6 Å². The highest BCUT2D eigenvalue weighted by molar-refractivity contribution is 5.21. The van der Waals surface area contributed by atoms with E-state index < -0.39 is 5.60 Å². The molecule has 2 atom stereocenters. The minimum atomic E-state index is -0.809. The summed E-state index contributed by atoms with van der Waals surface area (Å²) in [5.41, 5.74) is 1.71. The normalized spacial score (nSPS) is 14.5. The standard InChI is InChI=1S/C23H33NO/c1-18(2)15-20(16-19-11-7-5-8-12-19)17-24-22(23(3,4)25)21-13-9-6-10-14-21/h5-14,18,20,22,24-25H,15-17H2,1-4H3. The summed E-state index contributed by atoms with van der Waals surface area (Å²) in [5.74, 6) is 1.21. The van der Waals surface area contributed by atoms with E-state index in [1.807, 2.05) is 32.0 Å². The van der Waals surface area contributed by atoms with Crippen LogP contribution in [0.1, 0.15) is 51.3 Å². The molecule has 0 spiro atoms. The third-order valence-electron chi connectivity index (χ3n) is 4.62. The van der Waals surface area contributed by atoms with Crippen molar-refractivity contribution >= 4 is 0 Å². The van der Waals surface area contributed by atoms with E-state index in [9.17, 15) is 5.11 Å². The topological polar surface area (TPSA) is 32.3 Å². The van der Waals surface area contributed by atoms with Crippen LogP contribution in [-0.4, -0.2) is 17.3 Å².